The Morgan fingerprint density at radius 1 is 0.846 bits per heavy atom. The lowest BCUT2D eigenvalue weighted by atomic mass is 9.69. The Kier molecular flexibility index (Phi) is 31.1. The second kappa shape index (κ2) is 26.6. The molecule has 0 heterocycles. The summed E-state index contributed by atoms with van der Waals surface area (Å²) in [4.78, 5) is 0. The highest BCUT2D eigenvalue weighted by atomic mass is 16.3. The molecule has 3 rings (SSSR count). The molecule has 0 spiro atoms. The van der Waals surface area contributed by atoms with Crippen LogP contribution >= 0.6 is 0 Å². The number of aliphatic hydroxyl groups is 1. The van der Waals surface area contributed by atoms with E-state index in [0.717, 1.165) is 41.9 Å². The van der Waals surface area contributed by atoms with Gasteiger partial charge in [0.2, 0.25) is 0 Å². The summed E-state index contributed by atoms with van der Waals surface area (Å²) in [6.07, 6.45) is 15.0. The summed E-state index contributed by atoms with van der Waals surface area (Å²) in [7, 11) is 2.01. The van der Waals surface area contributed by atoms with Gasteiger partial charge in [-0.3, -0.25) is 0 Å². The van der Waals surface area contributed by atoms with E-state index >= 15 is 0 Å². The molecule has 3 saturated carbocycles. The maximum atomic E-state index is 9.06. The molecule has 0 aromatic rings. The first-order chi connectivity index (χ1) is 18.2. The second-order valence-electron chi connectivity index (χ2n) is 12.9. The van der Waals surface area contributed by atoms with Crippen molar-refractivity contribution in [3.8, 4) is 0 Å². The van der Waals surface area contributed by atoms with Crippen LogP contribution in [0.3, 0.4) is 0 Å². The summed E-state index contributed by atoms with van der Waals surface area (Å²) in [5.74, 6) is 6.34. The smallest absolute Gasteiger partial charge is 0.0771 e. The molecule has 39 heavy (non-hydrogen) atoms. The number of hydrogen-bond donors (Lipinski definition) is 2. The first-order valence-electron chi connectivity index (χ1n) is 17.3. The zero-order valence-electron chi connectivity index (χ0n) is 30.8. The van der Waals surface area contributed by atoms with Gasteiger partial charge in [-0.25, -0.2) is 0 Å². The quantitative estimate of drug-likeness (QED) is 0.331. The van der Waals surface area contributed by atoms with Crippen LogP contribution in [0, 0.1) is 40.9 Å². The minimum Gasteiger partial charge on any atom is -0.386 e. The molecule has 0 amide bonds. The van der Waals surface area contributed by atoms with Crippen LogP contribution in [0.1, 0.15) is 169 Å². The number of allylic oxidation sites excluding steroid dienone is 1. The van der Waals surface area contributed by atoms with E-state index in [1.54, 1.807) is 39.2 Å². The first-order valence-corrected chi connectivity index (χ1v) is 17.3. The molecule has 3 aliphatic carbocycles. The Labute approximate surface area is 251 Å². The topological polar surface area (TPSA) is 32.3 Å². The molecule has 240 valence electrons. The van der Waals surface area contributed by atoms with Crippen LogP contribution in [-0.2, 0) is 0 Å². The van der Waals surface area contributed by atoms with Crippen molar-refractivity contribution in [2.24, 2.45) is 40.9 Å². The average molecular weight is 556 g/mol. The Morgan fingerprint density at radius 2 is 1.23 bits per heavy atom. The lowest BCUT2D eigenvalue weighted by molar-refractivity contribution is 0.133. The highest BCUT2D eigenvalue weighted by Gasteiger charge is 2.52. The molecule has 2 nitrogen and oxygen atoms in total. The highest BCUT2D eigenvalue weighted by Crippen LogP contribution is 2.61. The fourth-order valence-corrected chi connectivity index (χ4v) is 6.21. The lowest BCUT2D eigenvalue weighted by Gasteiger charge is -2.36. The monoisotopic (exact) mass is 556 g/mol. The zero-order chi connectivity index (χ0) is 31.8. The van der Waals surface area contributed by atoms with Crippen LogP contribution in [0.4, 0.5) is 0 Å². The molecule has 2 heteroatoms. The third-order valence-corrected chi connectivity index (χ3v) is 8.06. The van der Waals surface area contributed by atoms with Gasteiger partial charge in [0.25, 0.3) is 0 Å². The molecule has 0 saturated heterocycles. The molecule has 3 fully saturated rings. The molecular formula is C37H81NO. The predicted molar refractivity (Wildman–Crippen MR) is 184 cm³/mol. The molecule has 0 radical (unpaired) electrons. The molecule has 6 unspecified atom stereocenters. The molecule has 6 atom stereocenters. The predicted octanol–water partition coefficient (Wildman–Crippen LogP) is 12.0. The summed E-state index contributed by atoms with van der Waals surface area (Å²) in [5, 5.41) is 12.3. The number of rotatable bonds is 5. The molecule has 3 aliphatic rings. The van der Waals surface area contributed by atoms with Gasteiger partial charge in [-0.1, -0.05) is 122 Å². The number of hydrogen-bond acceptors (Lipinski definition) is 2. The van der Waals surface area contributed by atoms with Crippen molar-refractivity contribution >= 4 is 0 Å². The standard InChI is InChI=1S/C14H24.C7H17N.C7H14O.C3H8.3C2H6/c1-9-4-12-10-6-11(13(12)5-9)8-14(2,3)7-10;1-5-6(2)7(3)8-4;1-4-5-6-7(2,3)8;1-3-2;3*1-2/h9-13H,4-8H2,1-3H3;6-8H,5H2,1-4H3;5-6,8H,4H2,1-3H3;3H2,1-2H3;3*1-2H3/b;;6-5+;;;;. The fraction of sp³-hybridized carbons (Fsp3) is 0.946. The third-order valence-electron chi connectivity index (χ3n) is 8.06. The molecular weight excluding hydrogens is 474 g/mol. The van der Waals surface area contributed by atoms with Crippen molar-refractivity contribution in [2.45, 2.75) is 181 Å². The molecule has 2 N–H and O–H groups in total. The summed E-state index contributed by atoms with van der Waals surface area (Å²) in [6.45, 7) is 36.0. The van der Waals surface area contributed by atoms with Gasteiger partial charge in [0, 0.05) is 6.04 Å². The van der Waals surface area contributed by atoms with E-state index in [0.29, 0.717) is 11.5 Å². The minimum atomic E-state index is -0.629. The van der Waals surface area contributed by atoms with Crippen LogP contribution < -0.4 is 5.32 Å². The third kappa shape index (κ3) is 22.0. The van der Waals surface area contributed by atoms with Gasteiger partial charge in [-0.05, 0) is 107 Å². The Balaban J connectivity index is -0.000000215. The first kappa shape index (κ1) is 45.6. The Morgan fingerprint density at radius 3 is 1.46 bits per heavy atom. The summed E-state index contributed by atoms with van der Waals surface area (Å²) >= 11 is 0. The van der Waals surface area contributed by atoms with Gasteiger partial charge >= 0.3 is 0 Å². The van der Waals surface area contributed by atoms with E-state index in [1.807, 2.05) is 61.6 Å². The van der Waals surface area contributed by atoms with Gasteiger partial charge in [-0.2, -0.15) is 0 Å². The van der Waals surface area contributed by atoms with E-state index < -0.39 is 5.60 Å². The van der Waals surface area contributed by atoms with Crippen molar-refractivity contribution in [2.75, 3.05) is 7.05 Å². The largest absolute Gasteiger partial charge is 0.386 e. The van der Waals surface area contributed by atoms with Gasteiger partial charge in [0.15, 0.2) is 0 Å². The number of fused-ring (bicyclic) bond motifs is 5. The Hall–Kier alpha value is -0.340. The normalized spacial score (nSPS) is 26.9. The van der Waals surface area contributed by atoms with E-state index in [1.165, 1.54) is 25.7 Å². The van der Waals surface area contributed by atoms with Crippen LogP contribution in [0.2, 0.25) is 0 Å². The van der Waals surface area contributed by atoms with Crippen LogP contribution in [0.15, 0.2) is 12.2 Å². The lowest BCUT2D eigenvalue weighted by Crippen LogP contribution is -2.27. The van der Waals surface area contributed by atoms with Gasteiger partial charge in [0.05, 0.1) is 5.60 Å². The van der Waals surface area contributed by atoms with Crippen molar-refractivity contribution in [3.05, 3.63) is 12.2 Å². The van der Waals surface area contributed by atoms with Gasteiger partial charge < -0.3 is 10.4 Å². The second-order valence-corrected chi connectivity index (χ2v) is 12.9. The Bertz CT molecular complexity index is 488. The minimum absolute atomic E-state index is 0.629. The zero-order valence-corrected chi connectivity index (χ0v) is 30.8. The van der Waals surface area contributed by atoms with Crippen LogP contribution in [-0.4, -0.2) is 23.8 Å². The number of nitrogens with one attached hydrogen (secondary N) is 1. The molecule has 0 aliphatic heterocycles. The molecule has 0 aromatic carbocycles. The van der Waals surface area contributed by atoms with Gasteiger partial charge in [0.1, 0.15) is 0 Å². The van der Waals surface area contributed by atoms with Crippen molar-refractivity contribution < 1.29 is 5.11 Å². The van der Waals surface area contributed by atoms with Crippen molar-refractivity contribution in [1.29, 1.82) is 0 Å². The molecule has 0 aromatic heterocycles. The SMILES string of the molecule is CC.CC.CC.CC/C=C/C(C)(C)O.CC1CC2C3CC(CC(C)(C)C3)C2C1.CCC.CCC(C)C(C)NC. The van der Waals surface area contributed by atoms with Crippen molar-refractivity contribution in [1.82, 2.24) is 5.32 Å². The summed E-state index contributed by atoms with van der Waals surface area (Å²) < 4.78 is 0. The highest BCUT2D eigenvalue weighted by molar-refractivity contribution is 5.02. The van der Waals surface area contributed by atoms with Crippen molar-refractivity contribution in [3.63, 3.8) is 0 Å². The summed E-state index contributed by atoms with van der Waals surface area (Å²) in [5.41, 5.74) is 0.0389. The summed E-state index contributed by atoms with van der Waals surface area (Å²) in [6, 6.07) is 0.667. The fourth-order valence-electron chi connectivity index (χ4n) is 6.21. The van der Waals surface area contributed by atoms with Crippen LogP contribution in [0.5, 0.6) is 0 Å². The maximum absolute atomic E-state index is 9.06. The van der Waals surface area contributed by atoms with Crippen LogP contribution in [0.25, 0.3) is 0 Å². The molecule has 2 bridgehead atoms. The van der Waals surface area contributed by atoms with E-state index in [-0.39, 0.29) is 0 Å². The van der Waals surface area contributed by atoms with E-state index in [2.05, 4.69) is 60.7 Å². The van der Waals surface area contributed by atoms with Gasteiger partial charge in [-0.15, -0.1) is 0 Å². The van der Waals surface area contributed by atoms with E-state index in [9.17, 15) is 0 Å². The average Bonchev–Trinajstić information content (AvgIpc) is 3.41. The van der Waals surface area contributed by atoms with E-state index in [4.69, 9.17) is 5.11 Å². The maximum Gasteiger partial charge on any atom is 0.0771 e.